The molecule has 0 aliphatic heterocycles. The molecule has 0 unspecified atom stereocenters. The van der Waals surface area contributed by atoms with Crippen molar-refractivity contribution in [2.75, 3.05) is 6.67 Å². The maximum Gasteiger partial charge on any atom is 0.303 e. The SMILES string of the molecule is O=C(O)CCCC=CC[C@H]1C(=O)C[C@@H](O)[C@@H]1C=C[C@@H](O)Cc1cccc(CCF)c1. The first-order valence-corrected chi connectivity index (χ1v) is 10.5. The summed E-state index contributed by atoms with van der Waals surface area (Å²) in [6, 6.07) is 7.45. The summed E-state index contributed by atoms with van der Waals surface area (Å²) in [6.45, 7) is -0.422. The van der Waals surface area contributed by atoms with E-state index in [2.05, 4.69) is 0 Å². The van der Waals surface area contributed by atoms with Crippen molar-refractivity contribution in [3.8, 4) is 0 Å². The van der Waals surface area contributed by atoms with Crippen LogP contribution in [0.15, 0.2) is 48.6 Å². The summed E-state index contributed by atoms with van der Waals surface area (Å²) in [7, 11) is 0. The second kappa shape index (κ2) is 12.4. The van der Waals surface area contributed by atoms with E-state index in [1.54, 1.807) is 12.2 Å². The van der Waals surface area contributed by atoms with E-state index in [9.17, 15) is 24.2 Å². The van der Waals surface area contributed by atoms with E-state index in [-0.39, 0.29) is 30.5 Å². The fraction of sp³-hybridized carbons (Fsp3) is 0.500. The third-order valence-electron chi connectivity index (χ3n) is 5.43. The maximum atomic E-state index is 12.5. The van der Waals surface area contributed by atoms with E-state index in [1.165, 1.54) is 0 Å². The van der Waals surface area contributed by atoms with Gasteiger partial charge in [0.15, 0.2) is 0 Å². The summed E-state index contributed by atoms with van der Waals surface area (Å²) in [5.74, 6) is -1.52. The van der Waals surface area contributed by atoms with Crippen molar-refractivity contribution < 1.29 is 29.3 Å². The Labute approximate surface area is 176 Å². The van der Waals surface area contributed by atoms with Gasteiger partial charge in [-0.05, 0) is 30.4 Å². The number of rotatable bonds is 12. The smallest absolute Gasteiger partial charge is 0.303 e. The van der Waals surface area contributed by atoms with Gasteiger partial charge in [0.05, 0.1) is 18.9 Å². The number of carboxylic acids is 1. The van der Waals surface area contributed by atoms with Crippen molar-refractivity contribution in [2.45, 2.75) is 57.2 Å². The number of benzene rings is 1. The molecule has 0 spiro atoms. The number of carbonyl (C=O) groups is 2. The Hall–Kier alpha value is -2.31. The predicted octanol–water partition coefficient (Wildman–Crippen LogP) is 3.43. The lowest BCUT2D eigenvalue weighted by atomic mass is 9.90. The molecular weight excluding hydrogens is 387 g/mol. The van der Waals surface area contributed by atoms with Gasteiger partial charge in [-0.1, -0.05) is 48.6 Å². The normalized spacial score (nSPS) is 22.9. The van der Waals surface area contributed by atoms with Crippen LogP contribution in [0.25, 0.3) is 0 Å². The average Bonchev–Trinajstić information content (AvgIpc) is 2.95. The van der Waals surface area contributed by atoms with Gasteiger partial charge >= 0.3 is 5.97 Å². The molecule has 5 nitrogen and oxygen atoms in total. The number of carboxylic acid groups (broad SMARTS) is 1. The summed E-state index contributed by atoms with van der Waals surface area (Å²) in [4.78, 5) is 22.8. The number of hydrogen-bond donors (Lipinski definition) is 3. The molecule has 1 aromatic rings. The number of aliphatic hydroxyl groups is 2. The van der Waals surface area contributed by atoms with E-state index in [0.29, 0.717) is 32.1 Å². The van der Waals surface area contributed by atoms with Crippen LogP contribution in [0, 0.1) is 11.8 Å². The van der Waals surface area contributed by atoms with Gasteiger partial charge in [-0.15, -0.1) is 0 Å². The highest BCUT2D eigenvalue weighted by Crippen LogP contribution is 2.33. The first-order chi connectivity index (χ1) is 14.4. The number of halogens is 1. The fourth-order valence-electron chi connectivity index (χ4n) is 3.85. The monoisotopic (exact) mass is 418 g/mol. The summed E-state index contributed by atoms with van der Waals surface area (Å²) in [5.41, 5.74) is 1.79. The van der Waals surface area contributed by atoms with Crippen molar-refractivity contribution in [1.82, 2.24) is 0 Å². The summed E-state index contributed by atoms with van der Waals surface area (Å²) in [5, 5.41) is 29.2. The zero-order chi connectivity index (χ0) is 21.9. The first kappa shape index (κ1) is 24.0. The summed E-state index contributed by atoms with van der Waals surface area (Å²) in [6.07, 6.45) is 8.19. The van der Waals surface area contributed by atoms with E-state index in [0.717, 1.165) is 11.1 Å². The van der Waals surface area contributed by atoms with Crippen LogP contribution in [0.2, 0.25) is 0 Å². The van der Waals surface area contributed by atoms with Crippen LogP contribution < -0.4 is 0 Å². The van der Waals surface area contributed by atoms with Crippen LogP contribution in [0.5, 0.6) is 0 Å². The third-order valence-corrected chi connectivity index (χ3v) is 5.43. The van der Waals surface area contributed by atoms with Crippen LogP contribution in [0.3, 0.4) is 0 Å². The fourth-order valence-corrected chi connectivity index (χ4v) is 3.85. The van der Waals surface area contributed by atoms with Crippen LogP contribution >= 0.6 is 0 Å². The molecule has 3 N–H and O–H groups in total. The standard InChI is InChI=1S/C24H31FO5/c25-13-12-17-6-5-7-18(14-17)15-19(26)10-11-21-20(22(27)16-23(21)28)8-3-1-2-4-9-24(29)30/h1,3,5-7,10-11,14,19-21,23,26,28H,2,4,8-9,12-13,15-16H2,(H,29,30)/t19-,20-,21-,23-/m1/s1. The maximum absolute atomic E-state index is 12.5. The number of hydrogen-bond acceptors (Lipinski definition) is 4. The average molecular weight is 419 g/mol. The lowest BCUT2D eigenvalue weighted by Crippen LogP contribution is -2.19. The molecule has 6 heteroatoms. The van der Waals surface area contributed by atoms with E-state index >= 15 is 0 Å². The van der Waals surface area contributed by atoms with Gasteiger partial charge in [-0.2, -0.15) is 0 Å². The molecule has 1 aromatic carbocycles. The first-order valence-electron chi connectivity index (χ1n) is 10.5. The molecule has 0 heterocycles. The molecule has 1 fully saturated rings. The highest BCUT2D eigenvalue weighted by atomic mass is 19.1. The molecule has 1 aliphatic rings. The topological polar surface area (TPSA) is 94.8 Å². The van der Waals surface area contributed by atoms with Crippen LogP contribution in [0.1, 0.15) is 43.2 Å². The highest BCUT2D eigenvalue weighted by molar-refractivity contribution is 5.84. The van der Waals surface area contributed by atoms with Crippen molar-refractivity contribution in [3.63, 3.8) is 0 Å². The van der Waals surface area contributed by atoms with Crippen molar-refractivity contribution in [1.29, 1.82) is 0 Å². The Morgan fingerprint density at radius 2 is 2.03 bits per heavy atom. The van der Waals surface area contributed by atoms with E-state index in [1.807, 2.05) is 36.4 Å². The van der Waals surface area contributed by atoms with Gasteiger partial charge in [0.2, 0.25) is 0 Å². The van der Waals surface area contributed by atoms with Crippen molar-refractivity contribution in [2.24, 2.45) is 11.8 Å². The largest absolute Gasteiger partial charge is 0.481 e. The number of unbranched alkanes of at least 4 members (excludes halogenated alkanes) is 1. The number of aliphatic carboxylic acids is 1. The highest BCUT2D eigenvalue weighted by Gasteiger charge is 2.39. The number of allylic oxidation sites excluding steroid dienone is 2. The van der Waals surface area contributed by atoms with E-state index in [4.69, 9.17) is 5.11 Å². The zero-order valence-corrected chi connectivity index (χ0v) is 17.1. The number of alkyl halides is 1. The second-order valence-electron chi connectivity index (χ2n) is 7.83. The van der Waals surface area contributed by atoms with Crippen molar-refractivity contribution in [3.05, 3.63) is 59.7 Å². The molecule has 164 valence electrons. The molecule has 2 rings (SSSR count). The number of aryl methyl sites for hydroxylation is 1. The Kier molecular flexibility index (Phi) is 9.91. The molecule has 30 heavy (non-hydrogen) atoms. The van der Waals surface area contributed by atoms with Crippen LogP contribution in [0.4, 0.5) is 4.39 Å². The minimum atomic E-state index is -0.824. The van der Waals surface area contributed by atoms with Crippen LogP contribution in [-0.2, 0) is 22.4 Å². The lowest BCUT2D eigenvalue weighted by Gasteiger charge is -2.17. The molecule has 1 saturated carbocycles. The predicted molar refractivity (Wildman–Crippen MR) is 113 cm³/mol. The quantitative estimate of drug-likeness (QED) is 0.357. The summed E-state index contributed by atoms with van der Waals surface area (Å²) < 4.78 is 12.5. The molecule has 0 aromatic heterocycles. The molecular formula is C24H31FO5. The lowest BCUT2D eigenvalue weighted by molar-refractivity contribution is -0.137. The van der Waals surface area contributed by atoms with Gasteiger partial charge in [0.1, 0.15) is 5.78 Å². The van der Waals surface area contributed by atoms with Gasteiger partial charge < -0.3 is 15.3 Å². The molecule has 4 atom stereocenters. The van der Waals surface area contributed by atoms with Gasteiger partial charge in [0.25, 0.3) is 0 Å². The molecule has 0 saturated heterocycles. The molecule has 0 bridgehead atoms. The Morgan fingerprint density at radius 3 is 2.77 bits per heavy atom. The Bertz CT molecular complexity index is 758. The van der Waals surface area contributed by atoms with Gasteiger partial charge in [-0.25, -0.2) is 0 Å². The van der Waals surface area contributed by atoms with Crippen LogP contribution in [-0.4, -0.2) is 46.0 Å². The Balaban J connectivity index is 1.90. The third kappa shape index (κ3) is 7.84. The molecule has 0 radical (unpaired) electrons. The number of aliphatic hydroxyl groups excluding tert-OH is 2. The number of ketones is 1. The number of Topliss-reactive ketones (excluding diaryl/α,β-unsaturated/α-hetero) is 1. The minimum Gasteiger partial charge on any atom is -0.481 e. The Morgan fingerprint density at radius 1 is 1.27 bits per heavy atom. The van der Waals surface area contributed by atoms with E-state index < -0.39 is 24.9 Å². The summed E-state index contributed by atoms with van der Waals surface area (Å²) >= 11 is 0. The zero-order valence-electron chi connectivity index (χ0n) is 17.1. The molecule has 0 amide bonds. The van der Waals surface area contributed by atoms with Gasteiger partial charge in [0, 0.05) is 37.5 Å². The molecule has 1 aliphatic carbocycles. The minimum absolute atomic E-state index is 0.000694. The van der Waals surface area contributed by atoms with Crippen molar-refractivity contribution >= 4 is 11.8 Å². The second-order valence-corrected chi connectivity index (χ2v) is 7.83. The van der Waals surface area contributed by atoms with Gasteiger partial charge in [-0.3, -0.25) is 14.0 Å². The number of carbonyl (C=O) groups excluding carboxylic acids is 1.